The Labute approximate surface area is 128 Å². The summed E-state index contributed by atoms with van der Waals surface area (Å²) >= 11 is 0. The van der Waals surface area contributed by atoms with Gasteiger partial charge in [-0.05, 0) is 43.2 Å². The fourth-order valence-corrected chi connectivity index (χ4v) is 1.79. The van der Waals surface area contributed by atoms with Crippen molar-refractivity contribution in [2.24, 2.45) is 0 Å². The van der Waals surface area contributed by atoms with E-state index in [2.05, 4.69) is 6.58 Å². The smallest absolute Gasteiger partial charge is 0.126 e. The molecule has 0 spiro atoms. The molecule has 0 bridgehead atoms. The summed E-state index contributed by atoms with van der Waals surface area (Å²) < 4.78 is 5.37. The first-order chi connectivity index (χ1) is 10.1. The number of carbonyl (C=O) groups is 1. The van der Waals surface area contributed by atoms with E-state index in [9.17, 15) is 0 Å². The molecule has 0 amide bonds. The number of anilines is 1. The van der Waals surface area contributed by atoms with Gasteiger partial charge in [-0.15, -0.1) is 0 Å². The second-order valence-corrected chi connectivity index (χ2v) is 3.75. The summed E-state index contributed by atoms with van der Waals surface area (Å²) in [6.45, 7) is 13.7. The predicted molar refractivity (Wildman–Crippen MR) is 93.0 cm³/mol. The molecule has 0 atom stereocenters. The lowest BCUT2D eigenvalue weighted by molar-refractivity contribution is -0.0979. The molecule has 0 aliphatic carbocycles. The largest absolute Gasteiger partial charge is 0.496 e. The van der Waals surface area contributed by atoms with Gasteiger partial charge in [0.1, 0.15) is 12.5 Å². The number of hydrogen-bond donors (Lipinski definition) is 1. The molecule has 0 heterocycles. The maximum absolute atomic E-state index is 8.00. The first-order valence-corrected chi connectivity index (χ1v) is 6.82. The minimum absolute atomic E-state index is 0.772. The summed E-state index contributed by atoms with van der Waals surface area (Å²) in [6.07, 6.45) is 5.59. The fraction of sp³-hybridized carbons (Fsp3) is 0.278. The summed E-state index contributed by atoms with van der Waals surface area (Å²) in [5.41, 5.74) is 9.82. The number of benzene rings is 1. The van der Waals surface area contributed by atoms with E-state index in [0.717, 1.165) is 28.1 Å². The van der Waals surface area contributed by atoms with Crippen molar-refractivity contribution in [1.29, 1.82) is 0 Å². The second-order valence-electron chi connectivity index (χ2n) is 3.75. The molecule has 0 radical (unpaired) electrons. The number of carbonyl (C=O) groups excluding carboxylic acids is 1. The van der Waals surface area contributed by atoms with Gasteiger partial charge < -0.3 is 15.3 Å². The highest BCUT2D eigenvalue weighted by atomic mass is 16.5. The van der Waals surface area contributed by atoms with Crippen LogP contribution in [0.2, 0.25) is 0 Å². The number of aryl methyl sites for hydroxylation is 1. The van der Waals surface area contributed by atoms with Crippen LogP contribution in [0.25, 0.3) is 5.57 Å². The van der Waals surface area contributed by atoms with Crippen molar-refractivity contribution < 1.29 is 9.53 Å². The third-order valence-electron chi connectivity index (χ3n) is 2.58. The van der Waals surface area contributed by atoms with E-state index in [1.54, 1.807) is 13.2 Å². The van der Waals surface area contributed by atoms with Crippen LogP contribution in [0.3, 0.4) is 0 Å². The van der Waals surface area contributed by atoms with Crippen LogP contribution in [0.1, 0.15) is 31.9 Å². The number of hydrogen-bond acceptors (Lipinski definition) is 3. The topological polar surface area (TPSA) is 52.3 Å². The Hall–Kier alpha value is -2.29. The van der Waals surface area contributed by atoms with Crippen molar-refractivity contribution in [3.63, 3.8) is 0 Å². The minimum atomic E-state index is 0.772. The highest BCUT2D eigenvalue weighted by molar-refractivity contribution is 5.79. The summed E-state index contributed by atoms with van der Waals surface area (Å²) in [4.78, 5) is 8.00. The molecule has 1 rings (SSSR count). The average Bonchev–Trinajstić information content (AvgIpc) is 2.52. The average molecular weight is 289 g/mol. The lowest BCUT2D eigenvalue weighted by Gasteiger charge is -2.13. The van der Waals surface area contributed by atoms with Crippen LogP contribution >= 0.6 is 0 Å². The molecule has 0 aliphatic heterocycles. The Morgan fingerprint density at radius 2 is 1.86 bits per heavy atom. The van der Waals surface area contributed by atoms with Crippen molar-refractivity contribution >= 4 is 18.0 Å². The van der Waals surface area contributed by atoms with Gasteiger partial charge in [0.05, 0.1) is 7.11 Å². The molecule has 0 saturated carbocycles. The SMILES string of the molecule is C=C/C=C(OC)\C(=C/C)c1ccc(N)cc1C.C=O.CC. The molecule has 0 fully saturated rings. The number of allylic oxidation sites excluding steroid dienone is 4. The van der Waals surface area contributed by atoms with Crippen molar-refractivity contribution in [3.8, 4) is 0 Å². The molecule has 0 unspecified atom stereocenters. The Kier molecular flexibility index (Phi) is 12.7. The van der Waals surface area contributed by atoms with E-state index in [-0.39, 0.29) is 0 Å². The maximum atomic E-state index is 8.00. The zero-order valence-corrected chi connectivity index (χ0v) is 13.8. The van der Waals surface area contributed by atoms with E-state index < -0.39 is 0 Å². The third-order valence-corrected chi connectivity index (χ3v) is 2.58. The highest BCUT2D eigenvalue weighted by Gasteiger charge is 2.09. The van der Waals surface area contributed by atoms with Crippen molar-refractivity contribution in [1.82, 2.24) is 0 Å². The van der Waals surface area contributed by atoms with Crippen LogP contribution in [-0.4, -0.2) is 13.9 Å². The summed E-state index contributed by atoms with van der Waals surface area (Å²) in [5.74, 6) is 0.801. The number of methoxy groups -OCH3 is 1. The van der Waals surface area contributed by atoms with Crippen LogP contribution in [0.5, 0.6) is 0 Å². The van der Waals surface area contributed by atoms with Crippen molar-refractivity contribution in [3.05, 3.63) is 59.9 Å². The molecule has 2 N–H and O–H groups in total. The van der Waals surface area contributed by atoms with Crippen LogP contribution in [0.4, 0.5) is 5.69 Å². The van der Waals surface area contributed by atoms with Crippen LogP contribution < -0.4 is 5.73 Å². The Morgan fingerprint density at radius 1 is 1.29 bits per heavy atom. The summed E-state index contributed by atoms with van der Waals surface area (Å²) in [6, 6.07) is 5.86. The second kappa shape index (κ2) is 12.7. The lowest BCUT2D eigenvalue weighted by Crippen LogP contribution is -1.96. The van der Waals surface area contributed by atoms with Gasteiger partial charge in [-0.2, -0.15) is 0 Å². The van der Waals surface area contributed by atoms with Gasteiger partial charge in [-0.25, -0.2) is 0 Å². The summed E-state index contributed by atoms with van der Waals surface area (Å²) in [5, 5.41) is 0. The van der Waals surface area contributed by atoms with Crippen LogP contribution in [0, 0.1) is 6.92 Å². The zero-order valence-electron chi connectivity index (χ0n) is 13.8. The summed E-state index contributed by atoms with van der Waals surface area (Å²) in [7, 11) is 1.66. The van der Waals surface area contributed by atoms with Crippen LogP contribution in [-0.2, 0) is 9.53 Å². The molecule has 1 aromatic carbocycles. The lowest BCUT2D eigenvalue weighted by atomic mass is 9.98. The fourth-order valence-electron chi connectivity index (χ4n) is 1.79. The van der Waals surface area contributed by atoms with Crippen molar-refractivity contribution in [2.75, 3.05) is 12.8 Å². The molecule has 1 aromatic rings. The van der Waals surface area contributed by atoms with E-state index in [4.69, 9.17) is 15.3 Å². The molecule has 0 aliphatic rings. The van der Waals surface area contributed by atoms with Gasteiger partial charge in [0.2, 0.25) is 0 Å². The quantitative estimate of drug-likeness (QED) is 0.503. The van der Waals surface area contributed by atoms with E-state index in [1.165, 1.54) is 0 Å². The van der Waals surface area contributed by atoms with Gasteiger partial charge in [0.25, 0.3) is 0 Å². The maximum Gasteiger partial charge on any atom is 0.126 e. The molecule has 3 nitrogen and oxygen atoms in total. The van der Waals surface area contributed by atoms with Gasteiger partial charge in [0.15, 0.2) is 0 Å². The standard InChI is InChI=1S/C15H19NO.C2H6.CH2O/c1-5-7-15(17-4)13(6-2)14-9-8-12(16)10-11(14)3;2*1-2/h5-10H,1,16H2,2-4H3;1-2H3;1H2/b13-6-,15-7+;;. The number of ether oxygens (including phenoxy) is 1. The molecule has 116 valence electrons. The number of rotatable bonds is 4. The molecule has 0 aromatic heterocycles. The number of nitrogen functional groups attached to an aromatic ring is 1. The molecule has 3 heteroatoms. The van der Waals surface area contributed by atoms with E-state index in [1.807, 2.05) is 64.8 Å². The van der Waals surface area contributed by atoms with Gasteiger partial charge >= 0.3 is 0 Å². The molecular formula is C18H27NO2. The predicted octanol–water partition coefficient (Wildman–Crippen LogP) is 4.54. The molecule has 0 saturated heterocycles. The molecular weight excluding hydrogens is 262 g/mol. The van der Waals surface area contributed by atoms with Gasteiger partial charge in [0, 0.05) is 11.3 Å². The van der Waals surface area contributed by atoms with Gasteiger partial charge in [-0.1, -0.05) is 38.6 Å². The zero-order chi connectivity index (χ0) is 16.8. The van der Waals surface area contributed by atoms with Gasteiger partial charge in [-0.3, -0.25) is 0 Å². The monoisotopic (exact) mass is 289 g/mol. The van der Waals surface area contributed by atoms with E-state index >= 15 is 0 Å². The Morgan fingerprint density at radius 3 is 2.24 bits per heavy atom. The van der Waals surface area contributed by atoms with Crippen LogP contribution in [0.15, 0.2) is 48.8 Å². The first kappa shape index (κ1) is 21.0. The first-order valence-electron chi connectivity index (χ1n) is 6.82. The normalized spacial score (nSPS) is 10.5. The number of nitrogens with two attached hydrogens (primary N) is 1. The molecule has 21 heavy (non-hydrogen) atoms. The van der Waals surface area contributed by atoms with Crippen molar-refractivity contribution in [2.45, 2.75) is 27.7 Å². The minimum Gasteiger partial charge on any atom is -0.496 e. The highest BCUT2D eigenvalue weighted by Crippen LogP contribution is 2.27. The Balaban J connectivity index is 0. The third kappa shape index (κ3) is 6.61. The van der Waals surface area contributed by atoms with E-state index in [0.29, 0.717) is 0 Å². The Bertz CT molecular complexity index is 488.